The minimum atomic E-state index is -0.920. The first-order chi connectivity index (χ1) is 7.22. The third-order valence-corrected chi connectivity index (χ3v) is 2.39. The maximum absolute atomic E-state index is 11.0. The average Bonchev–Trinajstić information content (AvgIpc) is 2.23. The van der Waals surface area contributed by atoms with E-state index in [1.165, 1.54) is 25.7 Å². The molecule has 3 nitrogen and oxygen atoms in total. The van der Waals surface area contributed by atoms with E-state index >= 15 is 0 Å². The molecule has 0 amide bonds. The van der Waals surface area contributed by atoms with Gasteiger partial charge in [0, 0.05) is 0 Å². The van der Waals surface area contributed by atoms with Gasteiger partial charge in [-0.25, -0.2) is 4.79 Å². The molecule has 15 heavy (non-hydrogen) atoms. The zero-order chi connectivity index (χ0) is 11.5. The van der Waals surface area contributed by atoms with Gasteiger partial charge in [-0.05, 0) is 13.3 Å². The lowest BCUT2D eigenvalue weighted by Gasteiger charge is -2.08. The van der Waals surface area contributed by atoms with Crippen LogP contribution >= 0.6 is 0 Å². The lowest BCUT2D eigenvalue weighted by atomic mass is 10.1. The Kier molecular flexibility index (Phi) is 9.59. The van der Waals surface area contributed by atoms with Crippen LogP contribution in [0.2, 0.25) is 0 Å². The van der Waals surface area contributed by atoms with Crippen molar-refractivity contribution < 1.29 is 14.6 Å². The molecule has 0 unspecified atom stereocenters. The van der Waals surface area contributed by atoms with E-state index in [2.05, 4.69) is 6.92 Å². The molecule has 0 aromatic rings. The van der Waals surface area contributed by atoms with Gasteiger partial charge in [-0.3, -0.25) is 0 Å². The van der Waals surface area contributed by atoms with Crippen molar-refractivity contribution >= 4 is 5.97 Å². The molecule has 0 aliphatic carbocycles. The fourth-order valence-electron chi connectivity index (χ4n) is 1.47. The fraction of sp³-hybridized carbons (Fsp3) is 0.917. The number of carbonyl (C=O) groups excluding carboxylic acids is 1. The summed E-state index contributed by atoms with van der Waals surface area (Å²) in [5.74, 6) is -0.481. The Bertz CT molecular complexity index is 157. The zero-order valence-electron chi connectivity index (χ0n) is 10.00. The molecule has 0 spiro atoms. The Morgan fingerprint density at radius 1 is 1.13 bits per heavy atom. The lowest BCUT2D eigenvalue weighted by molar-refractivity contribution is -0.153. The van der Waals surface area contributed by atoms with Crippen LogP contribution in [0.15, 0.2) is 0 Å². The van der Waals surface area contributed by atoms with Crippen molar-refractivity contribution in [3.63, 3.8) is 0 Å². The Morgan fingerprint density at radius 2 is 1.73 bits per heavy atom. The van der Waals surface area contributed by atoms with Gasteiger partial charge in [0.2, 0.25) is 0 Å². The molecule has 0 saturated carbocycles. The van der Waals surface area contributed by atoms with Gasteiger partial charge in [-0.15, -0.1) is 0 Å². The fourth-order valence-corrected chi connectivity index (χ4v) is 1.47. The van der Waals surface area contributed by atoms with Gasteiger partial charge in [0.05, 0.1) is 6.61 Å². The molecular formula is C12H24O3. The lowest BCUT2D eigenvalue weighted by Crippen LogP contribution is -2.22. The van der Waals surface area contributed by atoms with E-state index in [0.29, 0.717) is 13.0 Å². The van der Waals surface area contributed by atoms with E-state index in [-0.39, 0.29) is 0 Å². The number of aliphatic hydroxyl groups excluding tert-OH is 1. The second-order valence-corrected chi connectivity index (χ2v) is 3.82. The number of esters is 1. The van der Waals surface area contributed by atoms with Gasteiger partial charge >= 0.3 is 5.97 Å². The highest BCUT2D eigenvalue weighted by atomic mass is 16.5. The molecule has 0 radical (unpaired) electrons. The second-order valence-electron chi connectivity index (χ2n) is 3.82. The molecule has 90 valence electrons. The Balaban J connectivity index is 3.30. The summed E-state index contributed by atoms with van der Waals surface area (Å²) in [5, 5.41) is 9.38. The summed E-state index contributed by atoms with van der Waals surface area (Å²) >= 11 is 0. The number of hydrogen-bond donors (Lipinski definition) is 1. The SMILES string of the molecule is CCCCCCCC[C@@H](O)C(=O)OCC. The maximum Gasteiger partial charge on any atom is 0.334 e. The van der Waals surface area contributed by atoms with Crippen LogP contribution in [0.1, 0.15) is 58.8 Å². The van der Waals surface area contributed by atoms with Crippen LogP contribution in [0.5, 0.6) is 0 Å². The van der Waals surface area contributed by atoms with Crippen molar-refractivity contribution in [3.8, 4) is 0 Å². The van der Waals surface area contributed by atoms with Gasteiger partial charge in [0.1, 0.15) is 0 Å². The molecular weight excluding hydrogens is 192 g/mol. The third-order valence-electron chi connectivity index (χ3n) is 2.39. The predicted octanol–water partition coefficient (Wildman–Crippen LogP) is 2.66. The van der Waals surface area contributed by atoms with Gasteiger partial charge in [0.25, 0.3) is 0 Å². The molecule has 0 saturated heterocycles. The molecule has 0 aliphatic heterocycles. The summed E-state index contributed by atoms with van der Waals surface area (Å²) in [6.07, 6.45) is 6.59. The predicted molar refractivity (Wildman–Crippen MR) is 60.6 cm³/mol. The first-order valence-electron chi connectivity index (χ1n) is 6.07. The Hall–Kier alpha value is -0.570. The van der Waals surface area contributed by atoms with Crippen molar-refractivity contribution in [2.75, 3.05) is 6.61 Å². The standard InChI is InChI=1S/C12H24O3/c1-3-5-6-7-8-9-10-11(13)12(14)15-4-2/h11,13H,3-10H2,1-2H3/t11-/m1/s1. The first kappa shape index (κ1) is 14.4. The van der Waals surface area contributed by atoms with Crippen molar-refractivity contribution in [2.45, 2.75) is 64.9 Å². The van der Waals surface area contributed by atoms with Crippen LogP contribution in [0.4, 0.5) is 0 Å². The molecule has 0 aromatic carbocycles. The molecule has 0 aliphatic rings. The van der Waals surface area contributed by atoms with Crippen LogP contribution in [0, 0.1) is 0 Å². The van der Waals surface area contributed by atoms with E-state index in [1.807, 2.05) is 0 Å². The summed E-state index contributed by atoms with van der Waals surface area (Å²) in [5.41, 5.74) is 0. The summed E-state index contributed by atoms with van der Waals surface area (Å²) < 4.78 is 4.71. The van der Waals surface area contributed by atoms with Gasteiger partial charge < -0.3 is 9.84 Å². The molecule has 1 N–H and O–H groups in total. The number of unbranched alkanes of at least 4 members (excludes halogenated alkanes) is 5. The van der Waals surface area contributed by atoms with Crippen LogP contribution in [-0.4, -0.2) is 23.8 Å². The highest BCUT2D eigenvalue weighted by Crippen LogP contribution is 2.09. The zero-order valence-corrected chi connectivity index (χ0v) is 10.00. The van der Waals surface area contributed by atoms with E-state index in [4.69, 9.17) is 4.74 Å². The van der Waals surface area contributed by atoms with E-state index in [9.17, 15) is 9.90 Å². The Labute approximate surface area is 92.8 Å². The quantitative estimate of drug-likeness (QED) is 0.476. The maximum atomic E-state index is 11.0. The van der Waals surface area contributed by atoms with Crippen LogP contribution < -0.4 is 0 Å². The number of carbonyl (C=O) groups is 1. The van der Waals surface area contributed by atoms with Crippen molar-refractivity contribution in [1.29, 1.82) is 0 Å². The summed E-state index contributed by atoms with van der Waals surface area (Å²) in [7, 11) is 0. The average molecular weight is 216 g/mol. The topological polar surface area (TPSA) is 46.5 Å². The van der Waals surface area contributed by atoms with Crippen LogP contribution in [0.25, 0.3) is 0 Å². The Morgan fingerprint density at radius 3 is 2.33 bits per heavy atom. The number of ether oxygens (including phenoxy) is 1. The molecule has 0 bridgehead atoms. The highest BCUT2D eigenvalue weighted by molar-refractivity contribution is 5.74. The highest BCUT2D eigenvalue weighted by Gasteiger charge is 2.14. The van der Waals surface area contributed by atoms with E-state index in [0.717, 1.165) is 12.8 Å². The minimum absolute atomic E-state index is 0.340. The van der Waals surface area contributed by atoms with Crippen molar-refractivity contribution in [1.82, 2.24) is 0 Å². The third kappa shape index (κ3) is 8.43. The van der Waals surface area contributed by atoms with Crippen LogP contribution in [0.3, 0.4) is 0 Å². The normalized spacial score (nSPS) is 12.5. The van der Waals surface area contributed by atoms with E-state index in [1.54, 1.807) is 6.92 Å². The molecule has 0 fully saturated rings. The summed E-state index contributed by atoms with van der Waals surface area (Å²) in [4.78, 5) is 11.0. The number of aliphatic hydroxyl groups is 1. The second kappa shape index (κ2) is 9.97. The smallest absolute Gasteiger partial charge is 0.334 e. The van der Waals surface area contributed by atoms with Gasteiger partial charge in [0.15, 0.2) is 6.10 Å². The molecule has 0 rings (SSSR count). The van der Waals surface area contributed by atoms with Crippen LogP contribution in [-0.2, 0) is 9.53 Å². The first-order valence-corrected chi connectivity index (χ1v) is 6.07. The summed E-state index contributed by atoms with van der Waals surface area (Å²) in [6.45, 7) is 4.27. The van der Waals surface area contributed by atoms with Gasteiger partial charge in [-0.2, -0.15) is 0 Å². The molecule has 3 heteroatoms. The van der Waals surface area contributed by atoms with Gasteiger partial charge in [-0.1, -0.05) is 45.4 Å². The monoisotopic (exact) mass is 216 g/mol. The summed E-state index contributed by atoms with van der Waals surface area (Å²) in [6, 6.07) is 0. The van der Waals surface area contributed by atoms with Crippen molar-refractivity contribution in [3.05, 3.63) is 0 Å². The minimum Gasteiger partial charge on any atom is -0.464 e. The molecule has 1 atom stereocenters. The van der Waals surface area contributed by atoms with Crippen molar-refractivity contribution in [2.24, 2.45) is 0 Å². The molecule has 0 heterocycles. The molecule has 0 aromatic heterocycles. The number of hydrogen-bond acceptors (Lipinski definition) is 3. The van der Waals surface area contributed by atoms with E-state index < -0.39 is 12.1 Å². The number of rotatable bonds is 9. The largest absolute Gasteiger partial charge is 0.464 e.